The Morgan fingerprint density at radius 1 is 1.04 bits per heavy atom. The molecular weight excluding hydrogens is 290 g/mol. The van der Waals surface area contributed by atoms with Gasteiger partial charge in [0.15, 0.2) is 5.78 Å². The van der Waals surface area contributed by atoms with Crippen LogP contribution in [0.5, 0.6) is 11.5 Å². The van der Waals surface area contributed by atoms with Gasteiger partial charge in [0.05, 0.1) is 19.9 Å². The van der Waals surface area contributed by atoms with Crippen molar-refractivity contribution < 1.29 is 14.3 Å². The van der Waals surface area contributed by atoms with Gasteiger partial charge < -0.3 is 14.8 Å². The van der Waals surface area contributed by atoms with Gasteiger partial charge in [-0.05, 0) is 42.8 Å². The number of hydrogen-bond acceptors (Lipinski definition) is 4. The molecule has 4 heteroatoms. The van der Waals surface area contributed by atoms with Crippen LogP contribution in [0.3, 0.4) is 0 Å². The number of hydrogen-bond donors (Lipinski definition) is 1. The topological polar surface area (TPSA) is 47.6 Å². The molecule has 0 fully saturated rings. The third-order valence-corrected chi connectivity index (χ3v) is 3.46. The molecule has 0 heterocycles. The van der Waals surface area contributed by atoms with Crippen LogP contribution >= 0.6 is 0 Å². The van der Waals surface area contributed by atoms with E-state index in [2.05, 4.69) is 5.32 Å². The molecule has 2 rings (SSSR count). The van der Waals surface area contributed by atoms with Crippen molar-refractivity contribution in [3.05, 3.63) is 65.9 Å². The van der Waals surface area contributed by atoms with Crippen LogP contribution < -0.4 is 14.8 Å². The van der Waals surface area contributed by atoms with Crippen molar-refractivity contribution in [3.63, 3.8) is 0 Å². The van der Waals surface area contributed by atoms with Gasteiger partial charge in [0, 0.05) is 17.3 Å². The van der Waals surface area contributed by atoms with E-state index < -0.39 is 0 Å². The zero-order valence-electron chi connectivity index (χ0n) is 13.6. The summed E-state index contributed by atoms with van der Waals surface area (Å²) in [7, 11) is 3.22. The highest BCUT2D eigenvalue weighted by atomic mass is 16.5. The van der Waals surface area contributed by atoms with Gasteiger partial charge in [-0.2, -0.15) is 0 Å². The zero-order chi connectivity index (χ0) is 16.7. The van der Waals surface area contributed by atoms with E-state index in [0.717, 1.165) is 22.9 Å². The maximum atomic E-state index is 12.4. The van der Waals surface area contributed by atoms with E-state index in [4.69, 9.17) is 9.47 Å². The first-order chi connectivity index (χ1) is 11.2. The van der Waals surface area contributed by atoms with Gasteiger partial charge in [0.25, 0.3) is 0 Å². The minimum absolute atomic E-state index is 0.0492. The quantitative estimate of drug-likeness (QED) is 0.612. The summed E-state index contributed by atoms with van der Waals surface area (Å²) in [5.74, 6) is 1.42. The number of benzene rings is 2. The molecule has 0 aliphatic carbocycles. The van der Waals surface area contributed by atoms with Crippen LogP contribution in [-0.2, 0) is 0 Å². The number of nitrogens with one attached hydrogen (secondary N) is 1. The molecular formula is C19H21NO3. The molecule has 0 unspecified atom stereocenters. The fourth-order valence-corrected chi connectivity index (χ4v) is 2.14. The molecule has 120 valence electrons. The van der Waals surface area contributed by atoms with Crippen LogP contribution in [-0.4, -0.2) is 20.0 Å². The van der Waals surface area contributed by atoms with Crippen molar-refractivity contribution >= 4 is 11.5 Å². The third-order valence-electron chi connectivity index (χ3n) is 3.46. The molecule has 0 radical (unpaired) electrons. The molecule has 0 saturated carbocycles. The SMILES string of the molecule is CC/C(=C\C(=O)c1ccc(OC)cc1)Nc1ccccc1OC. The Balaban J connectivity index is 2.18. The summed E-state index contributed by atoms with van der Waals surface area (Å²) in [5.41, 5.74) is 2.29. The van der Waals surface area contributed by atoms with Crippen LogP contribution in [0.4, 0.5) is 5.69 Å². The highest BCUT2D eigenvalue weighted by Crippen LogP contribution is 2.25. The molecule has 0 aromatic heterocycles. The van der Waals surface area contributed by atoms with Crippen LogP contribution in [0.1, 0.15) is 23.7 Å². The summed E-state index contributed by atoms with van der Waals surface area (Å²) in [6.07, 6.45) is 2.33. The smallest absolute Gasteiger partial charge is 0.187 e. The lowest BCUT2D eigenvalue weighted by molar-refractivity contribution is 0.104. The monoisotopic (exact) mass is 311 g/mol. The summed E-state index contributed by atoms with van der Waals surface area (Å²) in [5, 5.41) is 3.26. The van der Waals surface area contributed by atoms with E-state index >= 15 is 0 Å². The number of rotatable bonds is 7. The number of allylic oxidation sites excluding steroid dienone is 2. The predicted molar refractivity (Wildman–Crippen MR) is 92.3 cm³/mol. The second-order valence-corrected chi connectivity index (χ2v) is 4.94. The average Bonchev–Trinajstić information content (AvgIpc) is 2.61. The van der Waals surface area contributed by atoms with Gasteiger partial charge in [-0.1, -0.05) is 19.1 Å². The van der Waals surface area contributed by atoms with Crippen molar-refractivity contribution in [2.24, 2.45) is 0 Å². The molecule has 0 atom stereocenters. The number of anilines is 1. The number of carbonyl (C=O) groups is 1. The van der Waals surface area contributed by atoms with Gasteiger partial charge in [-0.15, -0.1) is 0 Å². The molecule has 0 bridgehead atoms. The van der Waals surface area contributed by atoms with Crippen LogP contribution in [0.15, 0.2) is 60.3 Å². The fraction of sp³-hybridized carbons (Fsp3) is 0.211. The lowest BCUT2D eigenvalue weighted by atomic mass is 10.1. The molecule has 0 saturated heterocycles. The van der Waals surface area contributed by atoms with Crippen molar-refractivity contribution in [2.75, 3.05) is 19.5 Å². The molecule has 0 spiro atoms. The summed E-state index contributed by atoms with van der Waals surface area (Å²) in [4.78, 5) is 12.4. The van der Waals surface area contributed by atoms with E-state index in [1.165, 1.54) is 0 Å². The summed E-state index contributed by atoms with van der Waals surface area (Å²) >= 11 is 0. The van der Waals surface area contributed by atoms with Gasteiger partial charge in [0.1, 0.15) is 11.5 Å². The van der Waals surface area contributed by atoms with Gasteiger partial charge in [-0.25, -0.2) is 0 Å². The van der Waals surface area contributed by atoms with Crippen molar-refractivity contribution in [1.82, 2.24) is 0 Å². The van der Waals surface area contributed by atoms with Gasteiger partial charge in [-0.3, -0.25) is 4.79 Å². The first kappa shape index (κ1) is 16.6. The maximum absolute atomic E-state index is 12.4. The van der Waals surface area contributed by atoms with Crippen molar-refractivity contribution in [2.45, 2.75) is 13.3 Å². The van der Waals surface area contributed by atoms with Crippen LogP contribution in [0.2, 0.25) is 0 Å². The molecule has 0 amide bonds. The van der Waals surface area contributed by atoms with Gasteiger partial charge >= 0.3 is 0 Å². The normalized spacial score (nSPS) is 11.0. The first-order valence-electron chi connectivity index (χ1n) is 7.47. The minimum Gasteiger partial charge on any atom is -0.497 e. The number of methoxy groups -OCH3 is 2. The number of para-hydroxylation sites is 2. The highest BCUT2D eigenvalue weighted by molar-refractivity contribution is 6.05. The second-order valence-electron chi connectivity index (χ2n) is 4.94. The number of ether oxygens (including phenoxy) is 2. The lowest BCUT2D eigenvalue weighted by Gasteiger charge is -2.12. The van der Waals surface area contributed by atoms with E-state index in [0.29, 0.717) is 12.0 Å². The lowest BCUT2D eigenvalue weighted by Crippen LogP contribution is -2.04. The number of ketones is 1. The molecule has 0 aliphatic rings. The average molecular weight is 311 g/mol. The van der Waals surface area contributed by atoms with Crippen LogP contribution in [0, 0.1) is 0 Å². The Morgan fingerprint density at radius 2 is 1.74 bits per heavy atom. The summed E-state index contributed by atoms with van der Waals surface area (Å²) in [6, 6.07) is 14.7. The van der Waals surface area contributed by atoms with E-state index in [-0.39, 0.29) is 5.78 Å². The Morgan fingerprint density at radius 3 is 2.35 bits per heavy atom. The predicted octanol–water partition coefficient (Wildman–Crippen LogP) is 4.29. The molecule has 2 aromatic rings. The maximum Gasteiger partial charge on any atom is 0.187 e. The van der Waals surface area contributed by atoms with Gasteiger partial charge in [0.2, 0.25) is 0 Å². The largest absolute Gasteiger partial charge is 0.497 e. The van der Waals surface area contributed by atoms with Crippen molar-refractivity contribution in [1.29, 1.82) is 0 Å². The zero-order valence-corrected chi connectivity index (χ0v) is 13.6. The molecule has 2 aromatic carbocycles. The Bertz CT molecular complexity index is 690. The molecule has 23 heavy (non-hydrogen) atoms. The van der Waals surface area contributed by atoms with E-state index in [9.17, 15) is 4.79 Å². The third kappa shape index (κ3) is 4.36. The molecule has 4 nitrogen and oxygen atoms in total. The van der Waals surface area contributed by atoms with Crippen LogP contribution in [0.25, 0.3) is 0 Å². The Kier molecular flexibility index (Phi) is 5.80. The molecule has 0 aliphatic heterocycles. The van der Waals surface area contributed by atoms with E-state index in [1.807, 2.05) is 31.2 Å². The standard InChI is InChI=1S/C19H21NO3/c1-4-15(20-17-7-5-6-8-19(17)23-3)13-18(21)14-9-11-16(22-2)12-10-14/h5-13,20H,4H2,1-3H3/b15-13+. The Labute approximate surface area is 136 Å². The molecule has 1 N–H and O–H groups in total. The fourth-order valence-electron chi connectivity index (χ4n) is 2.14. The second kappa shape index (κ2) is 8.03. The van der Waals surface area contributed by atoms with E-state index in [1.54, 1.807) is 44.6 Å². The first-order valence-corrected chi connectivity index (χ1v) is 7.47. The summed E-state index contributed by atoms with van der Waals surface area (Å²) in [6.45, 7) is 2.00. The number of carbonyl (C=O) groups excluding carboxylic acids is 1. The summed E-state index contributed by atoms with van der Waals surface area (Å²) < 4.78 is 10.4. The Hall–Kier alpha value is -2.75. The minimum atomic E-state index is -0.0492. The van der Waals surface area contributed by atoms with Crippen molar-refractivity contribution in [3.8, 4) is 11.5 Å². The highest BCUT2D eigenvalue weighted by Gasteiger charge is 2.07.